The average Bonchev–Trinajstić information content (AvgIpc) is 4.04. The summed E-state index contributed by atoms with van der Waals surface area (Å²) in [6.07, 6.45) is 0. The van der Waals surface area contributed by atoms with Gasteiger partial charge in [-0.05, 0) is 53.5 Å². The van der Waals surface area contributed by atoms with E-state index in [-0.39, 0.29) is 71.9 Å². The van der Waals surface area contributed by atoms with E-state index in [1.165, 1.54) is 22.8 Å². The van der Waals surface area contributed by atoms with E-state index < -0.39 is 126 Å². The van der Waals surface area contributed by atoms with Crippen molar-refractivity contribution in [3.05, 3.63) is 157 Å². The van der Waals surface area contributed by atoms with Gasteiger partial charge in [0.1, 0.15) is 22.3 Å². The van der Waals surface area contributed by atoms with E-state index in [0.717, 1.165) is 0 Å². The van der Waals surface area contributed by atoms with Crippen LogP contribution in [0.15, 0.2) is 166 Å². The SMILES string of the molecule is [2H]c1c([2H])c([2H])c(-c2nc(-c3ccc4c(c3)oc3cccc(-c5c([2H])c([2H])c([2H])c([2H])c5[2H])c34)nc(-n3c4c([2H])c([2H])c([2H])c([2H])c4c4ccc5oc6c([2H])c([2H])c([2H])c([2H])c6c5c43)n2)c([2H])c1[2H]. The van der Waals surface area contributed by atoms with Crippen molar-refractivity contribution in [2.45, 2.75) is 0 Å². The molecular formula is C45H26N4O2. The number of para-hydroxylation sites is 2. The minimum Gasteiger partial charge on any atom is -0.456 e. The highest BCUT2D eigenvalue weighted by molar-refractivity contribution is 6.24. The number of hydrogen-bond acceptors (Lipinski definition) is 5. The lowest BCUT2D eigenvalue weighted by molar-refractivity contribution is 0.668. The summed E-state index contributed by atoms with van der Waals surface area (Å²) >= 11 is 0. The molecule has 0 aliphatic carbocycles. The smallest absolute Gasteiger partial charge is 0.238 e. The molecule has 4 aromatic heterocycles. The van der Waals surface area contributed by atoms with E-state index in [0.29, 0.717) is 16.3 Å². The van der Waals surface area contributed by atoms with Crippen LogP contribution in [0.1, 0.15) is 24.7 Å². The molecule has 238 valence electrons. The Morgan fingerprint density at radius 2 is 1.14 bits per heavy atom. The van der Waals surface area contributed by atoms with E-state index in [9.17, 15) is 1.37 Å². The first-order chi connectivity index (χ1) is 32.7. The van der Waals surface area contributed by atoms with Gasteiger partial charge in [0.2, 0.25) is 5.95 Å². The number of rotatable bonds is 4. The van der Waals surface area contributed by atoms with Gasteiger partial charge >= 0.3 is 0 Å². The first-order valence-corrected chi connectivity index (χ1v) is 15.5. The minimum absolute atomic E-state index is 0.0235. The minimum atomic E-state index is -0.709. The summed E-state index contributed by atoms with van der Waals surface area (Å²) in [6.45, 7) is 0. The largest absolute Gasteiger partial charge is 0.456 e. The fourth-order valence-electron chi connectivity index (χ4n) is 6.60. The summed E-state index contributed by atoms with van der Waals surface area (Å²) in [6, 6.07) is 2.21. The second-order valence-corrected chi connectivity index (χ2v) is 11.5. The average molecular weight is 673 g/mol. The molecule has 0 fully saturated rings. The molecule has 0 saturated carbocycles. The summed E-state index contributed by atoms with van der Waals surface area (Å²) in [5.74, 6) is -1.05. The van der Waals surface area contributed by atoms with Gasteiger partial charge in [0, 0.05) is 38.1 Å². The highest BCUT2D eigenvalue weighted by atomic mass is 16.3. The molecule has 4 heterocycles. The van der Waals surface area contributed by atoms with Crippen molar-refractivity contribution in [3.63, 3.8) is 0 Å². The molecule has 6 heteroatoms. The fourth-order valence-corrected chi connectivity index (χ4v) is 6.60. The zero-order valence-corrected chi connectivity index (χ0v) is 25.7. The normalized spacial score (nSPS) is 16.9. The lowest BCUT2D eigenvalue weighted by Crippen LogP contribution is -2.06. The maximum absolute atomic E-state index is 9.26. The van der Waals surface area contributed by atoms with Gasteiger partial charge in [0.15, 0.2) is 11.6 Å². The second-order valence-electron chi connectivity index (χ2n) is 11.5. The summed E-state index contributed by atoms with van der Waals surface area (Å²) in [7, 11) is 0. The predicted molar refractivity (Wildman–Crippen MR) is 205 cm³/mol. The van der Waals surface area contributed by atoms with E-state index in [4.69, 9.17) is 37.1 Å². The molecule has 0 bridgehead atoms. The molecule has 0 radical (unpaired) electrons. The quantitative estimate of drug-likeness (QED) is 0.186. The number of furan rings is 2. The third-order valence-electron chi connectivity index (χ3n) is 8.71. The van der Waals surface area contributed by atoms with Crippen LogP contribution >= 0.6 is 0 Å². The Bertz CT molecular complexity index is 4140. The number of fused-ring (bicyclic) bond motifs is 10. The zero-order chi connectivity index (χ0) is 49.1. The van der Waals surface area contributed by atoms with Crippen molar-refractivity contribution in [2.75, 3.05) is 0 Å². The molecule has 0 spiro atoms. The van der Waals surface area contributed by atoms with Crippen LogP contribution in [0, 0.1) is 0 Å². The predicted octanol–water partition coefficient (Wildman–Crippen LogP) is 11.8. The lowest BCUT2D eigenvalue weighted by Gasteiger charge is -2.11. The Hall–Kier alpha value is -7.05. The summed E-state index contributed by atoms with van der Waals surface area (Å²) < 4.78 is 169. The number of aromatic nitrogens is 4. The first-order valence-electron chi connectivity index (χ1n) is 24.5. The Balaban J connectivity index is 1.27. The lowest BCUT2D eigenvalue weighted by atomic mass is 9.99. The molecule has 11 rings (SSSR count). The van der Waals surface area contributed by atoms with Gasteiger partial charge in [0.05, 0.1) is 41.1 Å². The van der Waals surface area contributed by atoms with E-state index in [1.54, 1.807) is 30.3 Å². The van der Waals surface area contributed by atoms with Crippen LogP contribution in [-0.4, -0.2) is 19.5 Å². The third kappa shape index (κ3) is 4.20. The van der Waals surface area contributed by atoms with Gasteiger partial charge in [-0.3, -0.25) is 4.57 Å². The molecule has 0 aliphatic heterocycles. The van der Waals surface area contributed by atoms with Crippen molar-refractivity contribution >= 4 is 65.7 Å². The van der Waals surface area contributed by atoms with Crippen LogP contribution in [0.2, 0.25) is 0 Å². The standard InChI is InChI=1S/C45H26N4O2/c1-3-12-27(13-4-1)30-18-11-21-37-40(30)34-23-22-29(26-39(34)51-37)44-46-43(28-14-5-2-6-15-28)47-45(48-44)49-35-19-9-7-16-31(35)32-24-25-38-41(42(32)49)33-17-8-10-20-36(33)50-38/h1-26H/i1D,2D,3D,4D,5D,6D,7D,8D,9D,10D,12D,13D,14D,15D,16D,17D,19D,20D. The molecule has 11 aromatic rings. The van der Waals surface area contributed by atoms with Gasteiger partial charge in [0.25, 0.3) is 0 Å². The Kier molecular flexibility index (Phi) is 3.29. The molecule has 6 nitrogen and oxygen atoms in total. The van der Waals surface area contributed by atoms with Crippen LogP contribution in [0.25, 0.3) is 106 Å². The van der Waals surface area contributed by atoms with Gasteiger partial charge < -0.3 is 8.83 Å². The molecule has 0 saturated heterocycles. The van der Waals surface area contributed by atoms with Crippen molar-refractivity contribution in [1.29, 1.82) is 0 Å². The highest BCUT2D eigenvalue weighted by Crippen LogP contribution is 2.41. The maximum atomic E-state index is 9.26. The van der Waals surface area contributed by atoms with Crippen molar-refractivity contribution < 1.29 is 33.5 Å². The Labute approximate surface area is 316 Å². The van der Waals surface area contributed by atoms with Crippen molar-refractivity contribution in [2.24, 2.45) is 0 Å². The van der Waals surface area contributed by atoms with Gasteiger partial charge in [-0.2, -0.15) is 9.97 Å². The van der Waals surface area contributed by atoms with Gasteiger partial charge in [-0.25, -0.2) is 4.98 Å². The summed E-state index contributed by atoms with van der Waals surface area (Å²) in [5, 5.41) is 0.991. The molecular weight excluding hydrogens is 629 g/mol. The molecule has 0 atom stereocenters. The highest BCUT2D eigenvalue weighted by Gasteiger charge is 2.22. The summed E-state index contributed by atoms with van der Waals surface area (Å²) in [5.41, 5.74) is 0.146. The first kappa shape index (κ1) is 15.7. The molecule has 51 heavy (non-hydrogen) atoms. The molecule has 0 aliphatic rings. The maximum Gasteiger partial charge on any atom is 0.238 e. The van der Waals surface area contributed by atoms with Crippen LogP contribution in [0.5, 0.6) is 0 Å². The van der Waals surface area contributed by atoms with Crippen LogP contribution in [-0.2, 0) is 0 Å². The second kappa shape index (κ2) is 10.7. The van der Waals surface area contributed by atoms with E-state index >= 15 is 0 Å². The Morgan fingerprint density at radius 1 is 0.471 bits per heavy atom. The molecule has 7 aromatic carbocycles. The third-order valence-corrected chi connectivity index (χ3v) is 8.71. The zero-order valence-electron chi connectivity index (χ0n) is 43.7. The van der Waals surface area contributed by atoms with Crippen LogP contribution < -0.4 is 0 Å². The fraction of sp³-hybridized carbons (Fsp3) is 0. The Morgan fingerprint density at radius 3 is 1.98 bits per heavy atom. The summed E-state index contributed by atoms with van der Waals surface area (Å²) in [4.78, 5) is 14.2. The number of benzene rings is 7. The number of hydrogen-bond donors (Lipinski definition) is 0. The van der Waals surface area contributed by atoms with Crippen molar-refractivity contribution in [1.82, 2.24) is 19.5 Å². The molecule has 0 amide bonds. The van der Waals surface area contributed by atoms with Crippen molar-refractivity contribution in [3.8, 4) is 39.9 Å². The van der Waals surface area contributed by atoms with Gasteiger partial charge in [-0.15, -0.1) is 0 Å². The topological polar surface area (TPSA) is 69.9 Å². The van der Waals surface area contributed by atoms with Crippen LogP contribution in [0.4, 0.5) is 0 Å². The molecule has 0 N–H and O–H groups in total. The number of nitrogens with zero attached hydrogens (tertiary/aromatic N) is 4. The van der Waals surface area contributed by atoms with E-state index in [2.05, 4.69) is 9.97 Å². The van der Waals surface area contributed by atoms with E-state index in [1.807, 2.05) is 0 Å². The van der Waals surface area contributed by atoms with Gasteiger partial charge in [-0.1, -0.05) is 115 Å². The monoisotopic (exact) mass is 672 g/mol. The molecule has 0 unspecified atom stereocenters. The van der Waals surface area contributed by atoms with Crippen LogP contribution in [0.3, 0.4) is 0 Å².